The number of carboxylic acids is 2. The molecular formula is C51H50Cl2N6O8. The highest BCUT2D eigenvalue weighted by molar-refractivity contribution is 6.32. The summed E-state index contributed by atoms with van der Waals surface area (Å²) in [6.07, 6.45) is 8.18. The van der Waals surface area contributed by atoms with Crippen LogP contribution in [-0.2, 0) is 49.1 Å². The summed E-state index contributed by atoms with van der Waals surface area (Å²) in [4.78, 5) is 34.7. The van der Waals surface area contributed by atoms with Gasteiger partial charge in [-0.05, 0) is 71.5 Å². The number of carboxylic acid groups (broad SMARTS) is 2. The van der Waals surface area contributed by atoms with E-state index >= 15 is 0 Å². The number of hydrogen-bond acceptors (Lipinski definition) is 12. The maximum absolute atomic E-state index is 11.1. The van der Waals surface area contributed by atoms with E-state index in [-0.39, 0.29) is 52.4 Å². The molecule has 0 saturated carbocycles. The number of hydrogen-bond donors (Lipinski definition) is 4. The SMILES string of the molecule is CN=Cc1cncc(COc2cc(OCc3cccc(-c4cccc(COc5cc(OCc6cncc(C#N)c6)c(CNCCC(=O)O)cc5Cl)c4C)c3C)c(Cl)cc2CNCCC(=O)O)c1. The quantitative estimate of drug-likeness (QED) is 0.0331. The first kappa shape index (κ1) is 49.4. The summed E-state index contributed by atoms with van der Waals surface area (Å²) in [6, 6.07) is 24.8. The zero-order valence-electron chi connectivity index (χ0n) is 37.3. The largest absolute Gasteiger partial charge is 0.488 e. The summed E-state index contributed by atoms with van der Waals surface area (Å²) >= 11 is 13.6. The van der Waals surface area contributed by atoms with Crippen LogP contribution in [0.15, 0.2) is 103 Å². The normalized spacial score (nSPS) is 11.0. The Morgan fingerprint density at radius 3 is 1.61 bits per heavy atom. The van der Waals surface area contributed by atoms with Crippen LogP contribution in [0, 0.1) is 25.2 Å². The van der Waals surface area contributed by atoms with Crippen molar-refractivity contribution in [3.05, 3.63) is 163 Å². The molecule has 2 aromatic heterocycles. The van der Waals surface area contributed by atoms with Gasteiger partial charge in [-0.15, -0.1) is 0 Å². The smallest absolute Gasteiger partial charge is 0.304 e. The van der Waals surface area contributed by atoms with Crippen LogP contribution in [-0.4, -0.2) is 58.5 Å². The minimum absolute atomic E-state index is 0.0284. The molecule has 0 radical (unpaired) electrons. The molecule has 0 saturated heterocycles. The number of aliphatic imine (C=N–C) groups is 1. The first-order valence-corrected chi connectivity index (χ1v) is 22.1. The molecule has 4 N–H and O–H groups in total. The molecule has 14 nitrogen and oxygen atoms in total. The fourth-order valence-electron chi connectivity index (χ4n) is 7.09. The molecule has 6 aromatic rings. The van der Waals surface area contributed by atoms with Crippen LogP contribution in [0.25, 0.3) is 11.1 Å². The molecule has 0 aliphatic rings. The molecule has 0 spiro atoms. The topological polar surface area (TPSA) is 198 Å². The first-order chi connectivity index (χ1) is 32.4. The van der Waals surface area contributed by atoms with Gasteiger partial charge in [0.15, 0.2) is 0 Å². The minimum Gasteiger partial charge on any atom is -0.488 e. The van der Waals surface area contributed by atoms with Crippen molar-refractivity contribution in [3.8, 4) is 40.2 Å². The van der Waals surface area contributed by atoms with Gasteiger partial charge in [-0.25, -0.2) is 0 Å². The molecule has 67 heavy (non-hydrogen) atoms. The van der Waals surface area contributed by atoms with E-state index in [1.54, 1.807) is 62.2 Å². The number of aromatic nitrogens is 2. The van der Waals surface area contributed by atoms with E-state index in [1.807, 2.05) is 37.3 Å². The number of benzene rings is 4. The Morgan fingerprint density at radius 1 is 0.657 bits per heavy atom. The number of nitrogens with one attached hydrogen (secondary N) is 2. The van der Waals surface area contributed by atoms with Gasteiger partial charge in [0.05, 0.1) is 28.5 Å². The predicted molar refractivity (Wildman–Crippen MR) is 256 cm³/mol. The van der Waals surface area contributed by atoms with Crippen LogP contribution >= 0.6 is 23.2 Å². The zero-order chi connectivity index (χ0) is 47.7. The van der Waals surface area contributed by atoms with Gasteiger partial charge >= 0.3 is 11.9 Å². The van der Waals surface area contributed by atoms with Crippen LogP contribution < -0.4 is 29.6 Å². The molecular weight excluding hydrogens is 896 g/mol. The second kappa shape index (κ2) is 24.5. The highest BCUT2D eigenvalue weighted by Crippen LogP contribution is 2.37. The fraction of sp³-hybridized carbons (Fsp3) is 0.255. The Balaban J connectivity index is 1.18. The monoisotopic (exact) mass is 944 g/mol. The molecule has 0 fully saturated rings. The predicted octanol–water partition coefficient (Wildman–Crippen LogP) is 9.43. The number of aliphatic carboxylic acids is 2. The third-order valence-corrected chi connectivity index (χ3v) is 11.2. The molecule has 0 bridgehead atoms. The first-order valence-electron chi connectivity index (χ1n) is 21.3. The fourth-order valence-corrected chi connectivity index (χ4v) is 7.57. The van der Waals surface area contributed by atoms with Gasteiger partial charge in [-0.1, -0.05) is 59.6 Å². The lowest BCUT2D eigenvalue weighted by molar-refractivity contribution is -0.137. The number of rotatable bonds is 24. The van der Waals surface area contributed by atoms with Crippen molar-refractivity contribution < 1.29 is 38.7 Å². The lowest BCUT2D eigenvalue weighted by atomic mass is 9.92. The van der Waals surface area contributed by atoms with Crippen LogP contribution in [0.4, 0.5) is 0 Å². The van der Waals surface area contributed by atoms with E-state index < -0.39 is 11.9 Å². The molecule has 0 aliphatic carbocycles. The van der Waals surface area contributed by atoms with Gasteiger partial charge in [-0.2, -0.15) is 5.26 Å². The summed E-state index contributed by atoms with van der Waals surface area (Å²) in [5.74, 6) is 0.0380. The van der Waals surface area contributed by atoms with Crippen molar-refractivity contribution in [1.29, 1.82) is 5.26 Å². The van der Waals surface area contributed by atoms with Gasteiger partial charge in [0, 0.05) is 104 Å². The Hall–Kier alpha value is -7.02. The lowest BCUT2D eigenvalue weighted by Crippen LogP contribution is -2.18. The van der Waals surface area contributed by atoms with Gasteiger partial charge in [-0.3, -0.25) is 24.5 Å². The molecule has 0 atom stereocenters. The number of ether oxygens (including phenoxy) is 4. The van der Waals surface area contributed by atoms with Gasteiger partial charge < -0.3 is 39.8 Å². The molecule has 0 aliphatic heterocycles. The summed E-state index contributed by atoms with van der Waals surface area (Å²) in [6.45, 7) is 6.02. The van der Waals surface area contributed by atoms with E-state index in [0.29, 0.717) is 62.8 Å². The molecule has 4 aromatic carbocycles. The molecule has 6 rings (SSSR count). The van der Waals surface area contributed by atoms with E-state index in [1.165, 1.54) is 6.20 Å². The van der Waals surface area contributed by atoms with Crippen molar-refractivity contribution in [2.45, 2.75) is 66.2 Å². The Kier molecular flexibility index (Phi) is 18.1. The Morgan fingerprint density at radius 2 is 1.13 bits per heavy atom. The van der Waals surface area contributed by atoms with E-state index in [2.05, 4.69) is 50.7 Å². The third kappa shape index (κ3) is 14.2. The number of halogens is 2. The average Bonchev–Trinajstić information content (AvgIpc) is 3.31. The summed E-state index contributed by atoms with van der Waals surface area (Å²) in [5.41, 5.74) is 10.2. The van der Waals surface area contributed by atoms with Crippen LogP contribution in [0.2, 0.25) is 10.0 Å². The van der Waals surface area contributed by atoms with Crippen LogP contribution in [0.1, 0.15) is 68.5 Å². The van der Waals surface area contributed by atoms with Crippen molar-refractivity contribution >= 4 is 41.4 Å². The van der Waals surface area contributed by atoms with Crippen molar-refractivity contribution in [2.24, 2.45) is 4.99 Å². The van der Waals surface area contributed by atoms with Crippen molar-refractivity contribution in [1.82, 2.24) is 20.6 Å². The Labute approximate surface area is 399 Å². The van der Waals surface area contributed by atoms with E-state index in [9.17, 15) is 14.9 Å². The van der Waals surface area contributed by atoms with Gasteiger partial charge in [0.1, 0.15) is 55.5 Å². The van der Waals surface area contributed by atoms with E-state index in [4.69, 9.17) is 52.4 Å². The molecule has 0 unspecified atom stereocenters. The average molecular weight is 946 g/mol. The number of pyridine rings is 2. The van der Waals surface area contributed by atoms with Gasteiger partial charge in [0.25, 0.3) is 0 Å². The van der Waals surface area contributed by atoms with Crippen LogP contribution in [0.5, 0.6) is 23.0 Å². The highest BCUT2D eigenvalue weighted by atomic mass is 35.5. The molecule has 0 amide bonds. The standard InChI is InChI=1S/C51H50Cl2N6O8/c1-32-38(30-66-48-18-46(64-28-36-14-34(20-54)22-58-24-36)40(16-44(48)52)26-56-12-10-50(60)61)6-4-8-42(32)43-9-5-7-39(33(43)2)31-67-49-19-47(41(17-45(49)53)27-57-13-11-51(62)63)65-29-37-15-35(21-55-3)23-59-25-37/h4-9,14-19,21-25,56-57H,10-13,26-31H2,1-3H3,(H,60,61)(H,62,63). The highest BCUT2D eigenvalue weighted by Gasteiger charge is 2.17. The Bertz CT molecular complexity index is 2780. The second-order valence-corrected chi connectivity index (χ2v) is 16.3. The molecule has 346 valence electrons. The summed E-state index contributed by atoms with van der Waals surface area (Å²) < 4.78 is 25.2. The number of carbonyl (C=O) groups is 2. The minimum atomic E-state index is -0.908. The lowest BCUT2D eigenvalue weighted by Gasteiger charge is -2.19. The van der Waals surface area contributed by atoms with Gasteiger partial charge in [0.2, 0.25) is 0 Å². The summed E-state index contributed by atoms with van der Waals surface area (Å²) in [5, 5.41) is 34.6. The molecule has 16 heteroatoms. The van der Waals surface area contributed by atoms with E-state index in [0.717, 1.165) is 50.1 Å². The maximum Gasteiger partial charge on any atom is 0.304 e. The van der Waals surface area contributed by atoms with Crippen LogP contribution in [0.3, 0.4) is 0 Å². The number of nitriles is 1. The number of nitrogens with zero attached hydrogens (tertiary/aromatic N) is 4. The third-order valence-electron chi connectivity index (χ3n) is 10.6. The zero-order valence-corrected chi connectivity index (χ0v) is 38.8. The summed E-state index contributed by atoms with van der Waals surface area (Å²) in [7, 11) is 1.69. The second-order valence-electron chi connectivity index (χ2n) is 15.5. The van der Waals surface area contributed by atoms with Crippen molar-refractivity contribution in [2.75, 3.05) is 20.1 Å². The maximum atomic E-state index is 11.1. The molecule has 2 heterocycles. The van der Waals surface area contributed by atoms with Crippen molar-refractivity contribution in [3.63, 3.8) is 0 Å².